The van der Waals surface area contributed by atoms with E-state index in [0.29, 0.717) is 6.42 Å². The molecule has 0 aliphatic heterocycles. The second-order valence-electron chi connectivity index (χ2n) is 9.40. The Labute approximate surface area is 176 Å². The normalized spacial score (nSPS) is 30.5. The van der Waals surface area contributed by atoms with Crippen LogP contribution in [0.4, 0.5) is 5.82 Å². The molecule has 0 unspecified atom stereocenters. The number of aliphatic imine (C=N–C) groups is 1. The first-order chi connectivity index (χ1) is 14.1. The van der Waals surface area contributed by atoms with Crippen LogP contribution in [0, 0.1) is 23.2 Å². The molecular formula is C23H28N4OS. The van der Waals surface area contributed by atoms with Crippen molar-refractivity contribution in [2.24, 2.45) is 35.2 Å². The van der Waals surface area contributed by atoms with Crippen molar-refractivity contribution >= 4 is 29.4 Å². The number of hydrogen-bond acceptors (Lipinski definition) is 2. The van der Waals surface area contributed by atoms with Gasteiger partial charge in [-0.15, -0.1) is 0 Å². The predicted octanol–water partition coefficient (Wildman–Crippen LogP) is 4.29. The molecule has 0 amide bonds. The van der Waals surface area contributed by atoms with Crippen LogP contribution in [0.3, 0.4) is 0 Å². The molecule has 29 heavy (non-hydrogen) atoms. The highest BCUT2D eigenvalue weighted by Crippen LogP contribution is 2.60. The van der Waals surface area contributed by atoms with Crippen molar-refractivity contribution in [3.05, 3.63) is 51.8 Å². The minimum Gasteiger partial charge on any atom is -0.328 e. The van der Waals surface area contributed by atoms with Crippen molar-refractivity contribution in [2.45, 2.75) is 44.9 Å². The van der Waals surface area contributed by atoms with Gasteiger partial charge < -0.3 is 5.32 Å². The highest BCUT2D eigenvalue weighted by atomic mass is 32.1. The van der Waals surface area contributed by atoms with Crippen molar-refractivity contribution in [2.75, 3.05) is 5.32 Å². The average molecular weight is 409 g/mol. The monoisotopic (exact) mass is 408 g/mol. The zero-order chi connectivity index (χ0) is 20.0. The van der Waals surface area contributed by atoms with E-state index in [1.165, 1.54) is 44.0 Å². The second kappa shape index (κ2) is 7.24. The molecule has 2 aromatic rings. The lowest BCUT2D eigenvalue weighted by molar-refractivity contribution is -0.0122. The Bertz CT molecular complexity index is 968. The van der Waals surface area contributed by atoms with Gasteiger partial charge in [0.25, 0.3) is 5.56 Å². The number of aromatic nitrogens is 2. The molecule has 152 valence electrons. The summed E-state index contributed by atoms with van der Waals surface area (Å²) < 4.78 is 1.79. The summed E-state index contributed by atoms with van der Waals surface area (Å²) in [5.74, 6) is 4.23. The van der Waals surface area contributed by atoms with Gasteiger partial charge in [0.1, 0.15) is 11.7 Å². The van der Waals surface area contributed by atoms with E-state index in [2.05, 4.69) is 27.5 Å². The van der Waals surface area contributed by atoms with Gasteiger partial charge >= 0.3 is 0 Å². The molecule has 4 bridgehead atoms. The molecule has 4 aliphatic rings. The molecule has 0 saturated heterocycles. The Kier molecular flexibility index (Phi) is 4.69. The number of aryl methyl sites for hydroxylation is 1. The lowest BCUT2D eigenvalue weighted by Gasteiger charge is -2.56. The van der Waals surface area contributed by atoms with Gasteiger partial charge in [-0.2, -0.15) is 0 Å². The minimum absolute atomic E-state index is 0.0499. The van der Waals surface area contributed by atoms with E-state index in [0.717, 1.165) is 40.5 Å². The van der Waals surface area contributed by atoms with Gasteiger partial charge in [0, 0.05) is 18.9 Å². The van der Waals surface area contributed by atoms with E-state index in [9.17, 15) is 4.79 Å². The quantitative estimate of drug-likeness (QED) is 0.441. The summed E-state index contributed by atoms with van der Waals surface area (Å²) in [5, 5.41) is 6.52. The maximum absolute atomic E-state index is 12.7. The summed E-state index contributed by atoms with van der Waals surface area (Å²) in [6.07, 6.45) is 8.32. The van der Waals surface area contributed by atoms with E-state index in [1.54, 1.807) is 4.68 Å². The zero-order valence-corrected chi connectivity index (χ0v) is 17.7. The Balaban J connectivity index is 1.49. The van der Waals surface area contributed by atoms with E-state index < -0.39 is 0 Å². The van der Waals surface area contributed by atoms with Crippen LogP contribution >= 0.6 is 12.2 Å². The molecule has 2 N–H and O–H groups in total. The molecule has 6 heteroatoms. The van der Waals surface area contributed by atoms with Crippen LogP contribution in [0.5, 0.6) is 0 Å². The number of amidine groups is 1. The molecule has 0 spiro atoms. The van der Waals surface area contributed by atoms with E-state index >= 15 is 0 Å². The summed E-state index contributed by atoms with van der Waals surface area (Å²) in [4.78, 5) is 17.3. The van der Waals surface area contributed by atoms with E-state index in [4.69, 9.17) is 12.2 Å². The van der Waals surface area contributed by atoms with Crippen molar-refractivity contribution in [3.8, 4) is 0 Å². The third kappa shape index (κ3) is 3.37. The second-order valence-corrected chi connectivity index (χ2v) is 9.61. The van der Waals surface area contributed by atoms with Gasteiger partial charge in [-0.05, 0) is 61.8 Å². The Morgan fingerprint density at radius 1 is 1.21 bits per heavy atom. The van der Waals surface area contributed by atoms with Crippen molar-refractivity contribution in [3.63, 3.8) is 0 Å². The first kappa shape index (κ1) is 18.8. The van der Waals surface area contributed by atoms with Crippen LogP contribution in [-0.4, -0.2) is 21.1 Å². The molecule has 1 heterocycles. The van der Waals surface area contributed by atoms with Gasteiger partial charge in [-0.1, -0.05) is 42.5 Å². The molecule has 4 aliphatic carbocycles. The number of rotatable bonds is 5. The lowest BCUT2D eigenvalue weighted by atomic mass is 9.49. The Hall–Kier alpha value is -2.21. The average Bonchev–Trinajstić information content (AvgIpc) is 2.94. The Morgan fingerprint density at radius 2 is 1.83 bits per heavy atom. The molecule has 1 aromatic carbocycles. The van der Waals surface area contributed by atoms with Crippen LogP contribution in [0.25, 0.3) is 0 Å². The summed E-state index contributed by atoms with van der Waals surface area (Å²) >= 11 is 5.15. The summed E-state index contributed by atoms with van der Waals surface area (Å²) in [5.41, 5.74) is 3.39. The molecule has 5 nitrogen and oxygen atoms in total. The Morgan fingerprint density at radius 3 is 2.41 bits per heavy atom. The number of anilines is 1. The van der Waals surface area contributed by atoms with Gasteiger partial charge in [0.2, 0.25) is 0 Å². The number of thiocarbonyl (C=S) groups is 1. The number of nitrogens with zero attached hydrogens (tertiary/aromatic N) is 2. The smallest absolute Gasteiger partial charge is 0.269 e. The van der Waals surface area contributed by atoms with Gasteiger partial charge in [-0.25, -0.2) is 4.99 Å². The van der Waals surface area contributed by atoms with Gasteiger partial charge in [0.15, 0.2) is 0 Å². The van der Waals surface area contributed by atoms with Crippen LogP contribution < -0.4 is 10.9 Å². The van der Waals surface area contributed by atoms with Crippen LogP contribution in [0.1, 0.15) is 49.7 Å². The molecule has 0 atom stereocenters. The van der Waals surface area contributed by atoms with Crippen LogP contribution in [0.15, 0.2) is 40.1 Å². The summed E-state index contributed by atoms with van der Waals surface area (Å²) in [6, 6.07) is 10.1. The molecule has 4 fully saturated rings. The third-order valence-corrected chi connectivity index (χ3v) is 7.45. The minimum atomic E-state index is -0.0499. The fraction of sp³-hybridized carbons (Fsp3) is 0.522. The maximum Gasteiger partial charge on any atom is 0.269 e. The topological polar surface area (TPSA) is 62.2 Å². The third-order valence-electron chi connectivity index (χ3n) is 7.35. The van der Waals surface area contributed by atoms with Crippen LogP contribution in [0.2, 0.25) is 0 Å². The number of aromatic amines is 1. The summed E-state index contributed by atoms with van der Waals surface area (Å²) in [6.45, 7) is 0. The lowest BCUT2D eigenvalue weighted by Crippen LogP contribution is -2.52. The maximum atomic E-state index is 12.7. The number of hydrogen-bond donors (Lipinski definition) is 2. The molecule has 6 rings (SSSR count). The number of H-pyrrole nitrogens is 1. The standard InChI is InChI=1S/C23H28N4OS/c1-27-20(19(21(28)26-27)10-15-5-3-2-4-6-15)25-22(24-14-29)23-11-16-7-17(12-23)9-18(8-16)13-23/h2-6,14,16-18H,7-13H2,1H3,(H,26,28)(H,24,25,29). The largest absolute Gasteiger partial charge is 0.328 e. The molecule has 4 saturated carbocycles. The van der Waals surface area contributed by atoms with Crippen molar-refractivity contribution in [1.82, 2.24) is 9.78 Å². The highest BCUT2D eigenvalue weighted by molar-refractivity contribution is 7.78. The highest BCUT2D eigenvalue weighted by Gasteiger charge is 2.53. The predicted molar refractivity (Wildman–Crippen MR) is 121 cm³/mol. The van der Waals surface area contributed by atoms with Gasteiger partial charge in [-0.3, -0.25) is 14.6 Å². The van der Waals surface area contributed by atoms with E-state index in [-0.39, 0.29) is 11.0 Å². The van der Waals surface area contributed by atoms with Crippen molar-refractivity contribution < 1.29 is 0 Å². The fourth-order valence-electron chi connectivity index (χ4n) is 6.58. The summed E-state index contributed by atoms with van der Waals surface area (Å²) in [7, 11) is 1.88. The number of nitrogens with one attached hydrogen (secondary N) is 2. The van der Waals surface area contributed by atoms with Crippen molar-refractivity contribution in [1.29, 1.82) is 0 Å². The zero-order valence-electron chi connectivity index (χ0n) is 16.9. The first-order valence-electron chi connectivity index (χ1n) is 10.7. The fourth-order valence-corrected chi connectivity index (χ4v) is 6.68. The van der Waals surface area contributed by atoms with Gasteiger partial charge in [0.05, 0.1) is 11.1 Å². The molecule has 0 radical (unpaired) electrons. The first-order valence-corrected chi connectivity index (χ1v) is 11.1. The SMILES string of the molecule is Cn1[nH]c(=O)c(Cc2ccccc2)c1NC(=NC=S)C12CC3CC(CC(C3)C1)C2. The van der Waals surface area contributed by atoms with E-state index in [1.807, 2.05) is 25.2 Å². The molecular weight excluding hydrogens is 380 g/mol. The van der Waals surface area contributed by atoms with Crippen LogP contribution in [-0.2, 0) is 13.5 Å². The molecule has 1 aromatic heterocycles. The number of benzene rings is 1.